The number of aliphatic hydroxyl groups is 1. The van der Waals surface area contributed by atoms with Crippen molar-refractivity contribution in [3.63, 3.8) is 0 Å². The minimum Gasteiger partial charge on any atom is -0.443 e. The molecule has 4 heteroatoms. The van der Waals surface area contributed by atoms with E-state index in [0.717, 1.165) is 5.56 Å². The fourth-order valence-electron chi connectivity index (χ4n) is 1.25. The lowest BCUT2D eigenvalue weighted by atomic mass is 10.1. The molecular formula is C10H8ClNO2. The van der Waals surface area contributed by atoms with Gasteiger partial charge >= 0.3 is 0 Å². The Labute approximate surface area is 86.0 Å². The van der Waals surface area contributed by atoms with Crippen LogP contribution in [0.4, 0.5) is 0 Å². The quantitative estimate of drug-likeness (QED) is 0.827. The first-order chi connectivity index (χ1) is 6.83. The minimum atomic E-state index is -0.156. The van der Waals surface area contributed by atoms with Gasteiger partial charge in [0.05, 0.1) is 11.6 Å². The molecule has 72 valence electrons. The van der Waals surface area contributed by atoms with Crippen LogP contribution in [0, 0.1) is 0 Å². The Morgan fingerprint density at radius 1 is 1.36 bits per heavy atom. The highest BCUT2D eigenvalue weighted by molar-refractivity contribution is 6.33. The van der Waals surface area contributed by atoms with Crippen LogP contribution in [0.3, 0.4) is 0 Å². The van der Waals surface area contributed by atoms with E-state index in [-0.39, 0.29) is 6.61 Å². The molecule has 0 aliphatic heterocycles. The Bertz CT molecular complexity index is 439. The molecule has 0 aliphatic rings. The Kier molecular flexibility index (Phi) is 2.52. The second kappa shape index (κ2) is 3.82. The van der Waals surface area contributed by atoms with Crippen molar-refractivity contribution in [2.75, 3.05) is 0 Å². The topological polar surface area (TPSA) is 46.3 Å². The first-order valence-electron chi connectivity index (χ1n) is 4.11. The summed E-state index contributed by atoms with van der Waals surface area (Å²) in [5, 5.41) is 9.58. The number of nitrogens with zero attached hydrogens (tertiary/aromatic N) is 1. The van der Waals surface area contributed by atoms with E-state index in [4.69, 9.17) is 21.1 Å². The summed E-state index contributed by atoms with van der Waals surface area (Å²) in [7, 11) is 0. The van der Waals surface area contributed by atoms with Gasteiger partial charge < -0.3 is 9.52 Å². The van der Waals surface area contributed by atoms with E-state index in [1.165, 1.54) is 6.39 Å². The van der Waals surface area contributed by atoms with Gasteiger partial charge in [0.25, 0.3) is 0 Å². The molecule has 0 unspecified atom stereocenters. The smallest absolute Gasteiger partial charge is 0.181 e. The number of oxazole rings is 1. The maximum atomic E-state index is 8.99. The third-order valence-corrected chi connectivity index (χ3v) is 2.24. The van der Waals surface area contributed by atoms with Gasteiger partial charge in [0.2, 0.25) is 0 Å². The average molecular weight is 210 g/mol. The molecule has 0 saturated carbocycles. The van der Waals surface area contributed by atoms with Gasteiger partial charge in [0, 0.05) is 5.56 Å². The number of benzene rings is 1. The summed E-state index contributed by atoms with van der Waals surface area (Å²) in [5.41, 5.74) is 1.24. The number of halogens is 1. The third kappa shape index (κ3) is 1.52. The van der Waals surface area contributed by atoms with Crippen LogP contribution in [0.15, 0.2) is 35.1 Å². The number of hydrogen-bond acceptors (Lipinski definition) is 3. The van der Waals surface area contributed by atoms with Crippen LogP contribution in [0.25, 0.3) is 11.3 Å². The lowest BCUT2D eigenvalue weighted by Crippen LogP contribution is -1.86. The lowest BCUT2D eigenvalue weighted by molar-refractivity contribution is 0.277. The van der Waals surface area contributed by atoms with Crippen molar-refractivity contribution in [1.29, 1.82) is 0 Å². The van der Waals surface area contributed by atoms with Crippen LogP contribution in [0.2, 0.25) is 5.02 Å². The van der Waals surface area contributed by atoms with Gasteiger partial charge in [0.1, 0.15) is 5.69 Å². The van der Waals surface area contributed by atoms with E-state index in [0.29, 0.717) is 16.5 Å². The molecule has 0 saturated heterocycles. The average Bonchev–Trinajstić information content (AvgIpc) is 2.66. The SMILES string of the molecule is OCc1ncoc1-c1ccccc1Cl. The third-order valence-electron chi connectivity index (χ3n) is 1.91. The zero-order valence-corrected chi connectivity index (χ0v) is 8.03. The van der Waals surface area contributed by atoms with Gasteiger partial charge in [-0.2, -0.15) is 0 Å². The predicted molar refractivity (Wildman–Crippen MR) is 52.9 cm³/mol. The zero-order valence-electron chi connectivity index (χ0n) is 7.27. The highest BCUT2D eigenvalue weighted by Crippen LogP contribution is 2.29. The number of aliphatic hydroxyl groups excluding tert-OH is 1. The number of hydrogen-bond donors (Lipinski definition) is 1. The molecule has 2 aromatic rings. The standard InChI is InChI=1S/C10H8ClNO2/c11-8-4-2-1-3-7(8)10-9(5-13)12-6-14-10/h1-4,6,13H,5H2. The molecule has 0 amide bonds. The van der Waals surface area contributed by atoms with Crippen molar-refractivity contribution in [3.05, 3.63) is 41.4 Å². The monoisotopic (exact) mass is 209 g/mol. The summed E-state index contributed by atoms with van der Waals surface area (Å²) in [4.78, 5) is 3.88. The Morgan fingerprint density at radius 3 is 2.86 bits per heavy atom. The molecule has 0 bridgehead atoms. The maximum absolute atomic E-state index is 8.99. The van der Waals surface area contributed by atoms with Gasteiger partial charge in [-0.05, 0) is 12.1 Å². The second-order valence-corrected chi connectivity index (χ2v) is 3.17. The molecule has 14 heavy (non-hydrogen) atoms. The zero-order chi connectivity index (χ0) is 9.97. The van der Waals surface area contributed by atoms with Crippen molar-refractivity contribution in [2.45, 2.75) is 6.61 Å². The number of rotatable bonds is 2. The van der Waals surface area contributed by atoms with Crippen molar-refractivity contribution >= 4 is 11.6 Å². The largest absolute Gasteiger partial charge is 0.443 e. The van der Waals surface area contributed by atoms with Crippen LogP contribution in [0.1, 0.15) is 5.69 Å². The van der Waals surface area contributed by atoms with Crippen LogP contribution in [-0.4, -0.2) is 10.1 Å². The molecule has 2 rings (SSSR count). The van der Waals surface area contributed by atoms with Crippen LogP contribution in [0.5, 0.6) is 0 Å². The molecular weight excluding hydrogens is 202 g/mol. The molecule has 0 atom stereocenters. The summed E-state index contributed by atoms with van der Waals surface area (Å²) in [6, 6.07) is 7.27. The van der Waals surface area contributed by atoms with Gasteiger partial charge in [0.15, 0.2) is 12.2 Å². The molecule has 1 N–H and O–H groups in total. The fraction of sp³-hybridized carbons (Fsp3) is 0.100. The van der Waals surface area contributed by atoms with E-state index in [2.05, 4.69) is 4.98 Å². The summed E-state index contributed by atoms with van der Waals surface area (Å²) >= 11 is 5.98. The molecule has 0 spiro atoms. The second-order valence-electron chi connectivity index (χ2n) is 2.77. The molecule has 0 radical (unpaired) electrons. The van der Waals surface area contributed by atoms with Gasteiger partial charge in [-0.1, -0.05) is 23.7 Å². The van der Waals surface area contributed by atoms with Crippen molar-refractivity contribution in [3.8, 4) is 11.3 Å². The maximum Gasteiger partial charge on any atom is 0.181 e. The summed E-state index contributed by atoms with van der Waals surface area (Å²) in [6.45, 7) is -0.156. The fourth-order valence-corrected chi connectivity index (χ4v) is 1.47. The number of aromatic nitrogens is 1. The van der Waals surface area contributed by atoms with Crippen LogP contribution < -0.4 is 0 Å². The summed E-state index contributed by atoms with van der Waals surface area (Å²) in [5.74, 6) is 0.526. The molecule has 0 aliphatic carbocycles. The van der Waals surface area contributed by atoms with E-state index in [1.54, 1.807) is 6.07 Å². The first kappa shape index (κ1) is 9.24. The Balaban J connectivity index is 2.54. The van der Waals surface area contributed by atoms with Gasteiger partial charge in [-0.15, -0.1) is 0 Å². The highest BCUT2D eigenvalue weighted by Gasteiger charge is 2.11. The normalized spacial score (nSPS) is 10.4. The van der Waals surface area contributed by atoms with Crippen molar-refractivity contribution in [1.82, 2.24) is 4.98 Å². The minimum absolute atomic E-state index is 0.156. The van der Waals surface area contributed by atoms with Crippen LogP contribution >= 0.6 is 11.6 Å². The first-order valence-corrected chi connectivity index (χ1v) is 4.49. The Morgan fingerprint density at radius 2 is 2.14 bits per heavy atom. The Hall–Kier alpha value is -1.32. The molecule has 1 aromatic heterocycles. The molecule has 1 heterocycles. The van der Waals surface area contributed by atoms with Crippen molar-refractivity contribution < 1.29 is 9.52 Å². The van der Waals surface area contributed by atoms with Gasteiger partial charge in [-0.3, -0.25) is 0 Å². The summed E-state index contributed by atoms with van der Waals surface area (Å²) in [6.07, 6.45) is 1.30. The lowest BCUT2D eigenvalue weighted by Gasteiger charge is -2.00. The predicted octanol–water partition coefficient (Wildman–Crippen LogP) is 2.49. The van der Waals surface area contributed by atoms with Crippen molar-refractivity contribution in [2.24, 2.45) is 0 Å². The van der Waals surface area contributed by atoms with Gasteiger partial charge in [-0.25, -0.2) is 4.98 Å². The van der Waals surface area contributed by atoms with E-state index in [9.17, 15) is 0 Å². The highest BCUT2D eigenvalue weighted by atomic mass is 35.5. The van der Waals surface area contributed by atoms with Crippen LogP contribution in [-0.2, 0) is 6.61 Å². The molecule has 3 nitrogen and oxygen atoms in total. The molecule has 0 fully saturated rings. The molecule has 1 aromatic carbocycles. The summed E-state index contributed by atoms with van der Waals surface area (Å²) < 4.78 is 5.17. The van der Waals surface area contributed by atoms with E-state index >= 15 is 0 Å². The van der Waals surface area contributed by atoms with E-state index < -0.39 is 0 Å². The van der Waals surface area contributed by atoms with E-state index in [1.807, 2.05) is 18.2 Å².